The molecule has 1 saturated carbocycles. The van der Waals surface area contributed by atoms with Crippen LogP contribution in [0, 0.1) is 17.7 Å². The molecule has 0 radical (unpaired) electrons. The van der Waals surface area contributed by atoms with Crippen molar-refractivity contribution in [3.63, 3.8) is 0 Å². The van der Waals surface area contributed by atoms with E-state index in [-0.39, 0.29) is 22.7 Å². The summed E-state index contributed by atoms with van der Waals surface area (Å²) in [5, 5.41) is 6.14. The van der Waals surface area contributed by atoms with E-state index in [4.69, 9.17) is 4.74 Å². The average Bonchev–Trinajstić information content (AvgIpc) is 3.14. The normalized spacial score (nSPS) is 28.2. The molecule has 7 nitrogen and oxygen atoms in total. The zero-order valence-electron chi connectivity index (χ0n) is 20.6. The first-order chi connectivity index (χ1) is 17.1. The summed E-state index contributed by atoms with van der Waals surface area (Å²) in [6.07, 6.45) is -0.793. The standard InChI is InChI=1S/C26H31F3N4O3/c1-14(15-5-4-6-16(22(15)27)24(28)29)30-25(35)19-12-33(26(2)7-8-36-13-26)21(34)9-20(19)31-23-17-10-32(3)11-18(17)23/h4-6,9,12,14,17-18,23-24,31H,7-8,10-11,13H2,1-3H3,(H,30,35)/t14-,17-,18+,23?,26?/m1/s1. The molecular weight excluding hydrogens is 473 g/mol. The summed E-state index contributed by atoms with van der Waals surface area (Å²) in [6.45, 7) is 6.22. The number of pyridine rings is 1. The maximum Gasteiger partial charge on any atom is 0.266 e. The number of carbonyl (C=O) groups excluding carboxylic acids is 1. The van der Waals surface area contributed by atoms with Gasteiger partial charge in [0.05, 0.1) is 35.0 Å². The first kappa shape index (κ1) is 24.8. The third kappa shape index (κ3) is 4.41. The van der Waals surface area contributed by atoms with Gasteiger partial charge in [0.2, 0.25) is 0 Å². The van der Waals surface area contributed by atoms with Crippen LogP contribution in [0.2, 0.25) is 0 Å². The maximum absolute atomic E-state index is 14.7. The molecule has 3 fully saturated rings. The zero-order valence-corrected chi connectivity index (χ0v) is 20.6. The second-order valence-corrected chi connectivity index (χ2v) is 10.6. The topological polar surface area (TPSA) is 75.6 Å². The molecule has 5 rings (SSSR count). The van der Waals surface area contributed by atoms with Crippen LogP contribution >= 0.6 is 0 Å². The van der Waals surface area contributed by atoms with Gasteiger partial charge in [-0.15, -0.1) is 0 Å². The number of anilines is 1. The van der Waals surface area contributed by atoms with Crippen molar-refractivity contribution in [3.05, 3.63) is 63.3 Å². The number of piperidine rings is 1. The molecule has 5 atom stereocenters. The van der Waals surface area contributed by atoms with Crippen LogP contribution in [0.1, 0.15) is 54.2 Å². The molecule has 2 unspecified atom stereocenters. The largest absolute Gasteiger partial charge is 0.381 e. The van der Waals surface area contributed by atoms with Crippen molar-refractivity contribution in [2.45, 2.75) is 44.3 Å². The molecule has 194 valence electrons. The lowest BCUT2D eigenvalue weighted by molar-refractivity contribution is 0.0938. The van der Waals surface area contributed by atoms with Crippen LogP contribution in [0.3, 0.4) is 0 Å². The fourth-order valence-corrected chi connectivity index (χ4v) is 5.66. The van der Waals surface area contributed by atoms with Crippen LogP contribution in [0.4, 0.5) is 18.9 Å². The Hall–Kier alpha value is -2.85. The van der Waals surface area contributed by atoms with Gasteiger partial charge in [-0.2, -0.15) is 0 Å². The summed E-state index contributed by atoms with van der Waals surface area (Å²) < 4.78 is 48.1. The Balaban J connectivity index is 1.45. The molecule has 1 aliphatic carbocycles. The highest BCUT2D eigenvalue weighted by Crippen LogP contribution is 2.47. The Kier molecular flexibility index (Phi) is 6.36. The van der Waals surface area contributed by atoms with Crippen molar-refractivity contribution in [2.75, 3.05) is 38.7 Å². The highest BCUT2D eigenvalue weighted by atomic mass is 19.3. The van der Waals surface area contributed by atoms with Crippen molar-refractivity contribution >= 4 is 11.6 Å². The molecule has 2 saturated heterocycles. The summed E-state index contributed by atoms with van der Waals surface area (Å²) >= 11 is 0. The van der Waals surface area contributed by atoms with E-state index in [0.717, 1.165) is 19.2 Å². The number of benzene rings is 1. The van der Waals surface area contributed by atoms with Crippen LogP contribution in [0.25, 0.3) is 0 Å². The predicted molar refractivity (Wildman–Crippen MR) is 129 cm³/mol. The minimum atomic E-state index is -2.96. The van der Waals surface area contributed by atoms with Crippen molar-refractivity contribution < 1.29 is 22.7 Å². The lowest BCUT2D eigenvalue weighted by atomic mass is 10.00. The molecule has 3 heterocycles. The van der Waals surface area contributed by atoms with E-state index in [1.807, 2.05) is 6.92 Å². The number of nitrogens with zero attached hydrogens (tertiary/aromatic N) is 2. The number of nitrogens with one attached hydrogen (secondary N) is 2. The van der Waals surface area contributed by atoms with E-state index in [2.05, 4.69) is 22.6 Å². The number of hydrogen-bond donors (Lipinski definition) is 2. The van der Waals surface area contributed by atoms with Gasteiger partial charge in [-0.3, -0.25) is 9.59 Å². The molecular formula is C26H31F3N4O3. The van der Waals surface area contributed by atoms with Gasteiger partial charge in [-0.25, -0.2) is 13.2 Å². The van der Waals surface area contributed by atoms with Gasteiger partial charge >= 0.3 is 0 Å². The van der Waals surface area contributed by atoms with Gasteiger partial charge in [-0.1, -0.05) is 18.2 Å². The molecule has 0 bridgehead atoms. The van der Waals surface area contributed by atoms with Gasteiger partial charge in [0.15, 0.2) is 0 Å². The Morgan fingerprint density at radius 2 is 1.92 bits per heavy atom. The van der Waals surface area contributed by atoms with E-state index in [1.54, 1.807) is 6.92 Å². The Bertz CT molecular complexity index is 1220. The minimum absolute atomic E-state index is 0.0279. The predicted octanol–water partition coefficient (Wildman–Crippen LogP) is 3.52. The lowest BCUT2D eigenvalue weighted by Gasteiger charge is -2.27. The average molecular weight is 505 g/mol. The van der Waals surface area contributed by atoms with E-state index in [1.165, 1.54) is 29.0 Å². The summed E-state index contributed by atoms with van der Waals surface area (Å²) in [6, 6.07) is 4.50. The first-order valence-corrected chi connectivity index (χ1v) is 12.3. The van der Waals surface area contributed by atoms with E-state index in [0.29, 0.717) is 37.2 Å². The fourth-order valence-electron chi connectivity index (χ4n) is 5.66. The quantitative estimate of drug-likeness (QED) is 0.604. The molecule has 10 heteroatoms. The van der Waals surface area contributed by atoms with Crippen molar-refractivity contribution in [1.82, 2.24) is 14.8 Å². The van der Waals surface area contributed by atoms with Crippen LogP contribution < -0.4 is 16.2 Å². The van der Waals surface area contributed by atoms with Gasteiger partial charge in [0, 0.05) is 43.6 Å². The Morgan fingerprint density at radius 3 is 2.56 bits per heavy atom. The summed E-state index contributed by atoms with van der Waals surface area (Å²) in [5.74, 6) is -0.640. The van der Waals surface area contributed by atoms with Gasteiger partial charge < -0.3 is 24.8 Å². The number of amides is 1. The van der Waals surface area contributed by atoms with Crippen LogP contribution in [0.15, 0.2) is 35.3 Å². The molecule has 1 amide bonds. The van der Waals surface area contributed by atoms with E-state index in [9.17, 15) is 22.8 Å². The molecule has 2 aromatic rings. The number of aromatic nitrogens is 1. The Morgan fingerprint density at radius 1 is 1.22 bits per heavy atom. The third-order valence-corrected chi connectivity index (χ3v) is 7.88. The number of ether oxygens (including phenoxy) is 1. The summed E-state index contributed by atoms with van der Waals surface area (Å²) in [4.78, 5) is 28.8. The SMILES string of the molecule is C[C@@H](NC(=O)c1cn(C2(C)CCOC2)c(=O)cc1NC1[C@H]2CN(C)C[C@@H]12)c1cccc(C(F)F)c1F. The molecule has 36 heavy (non-hydrogen) atoms. The first-order valence-electron chi connectivity index (χ1n) is 12.3. The lowest BCUT2D eigenvalue weighted by Crippen LogP contribution is -2.40. The van der Waals surface area contributed by atoms with Gasteiger partial charge in [0.25, 0.3) is 17.9 Å². The fraction of sp³-hybridized carbons (Fsp3) is 0.538. The van der Waals surface area contributed by atoms with Crippen LogP contribution in [-0.4, -0.2) is 54.8 Å². The number of halogens is 3. The maximum atomic E-state index is 14.7. The second-order valence-electron chi connectivity index (χ2n) is 10.6. The van der Waals surface area contributed by atoms with E-state index >= 15 is 0 Å². The molecule has 2 N–H and O–H groups in total. The van der Waals surface area contributed by atoms with Crippen LogP contribution in [-0.2, 0) is 10.3 Å². The highest BCUT2D eigenvalue weighted by Gasteiger charge is 2.55. The molecule has 0 spiro atoms. The van der Waals surface area contributed by atoms with Crippen molar-refractivity contribution in [1.29, 1.82) is 0 Å². The third-order valence-electron chi connectivity index (χ3n) is 7.88. The number of alkyl halides is 2. The highest BCUT2D eigenvalue weighted by molar-refractivity contribution is 5.99. The smallest absolute Gasteiger partial charge is 0.266 e. The van der Waals surface area contributed by atoms with Gasteiger partial charge in [0.1, 0.15) is 5.82 Å². The molecule has 3 aliphatic rings. The monoisotopic (exact) mass is 504 g/mol. The minimum Gasteiger partial charge on any atom is -0.381 e. The van der Waals surface area contributed by atoms with E-state index < -0.39 is 35.3 Å². The van der Waals surface area contributed by atoms with Crippen molar-refractivity contribution in [3.8, 4) is 0 Å². The molecule has 1 aromatic heterocycles. The summed E-state index contributed by atoms with van der Waals surface area (Å²) in [5.41, 5.74) is -0.893. The number of hydrogen-bond acceptors (Lipinski definition) is 5. The van der Waals surface area contributed by atoms with Gasteiger partial charge in [-0.05, 0) is 39.2 Å². The zero-order chi connectivity index (χ0) is 25.8. The number of carbonyl (C=O) groups is 1. The molecule has 2 aliphatic heterocycles. The second kappa shape index (κ2) is 9.23. The number of fused-ring (bicyclic) bond motifs is 1. The number of rotatable bonds is 7. The Labute approximate surface area is 207 Å². The van der Waals surface area contributed by atoms with Crippen molar-refractivity contribution in [2.24, 2.45) is 11.8 Å². The number of likely N-dealkylation sites (tertiary alicyclic amines) is 1. The van der Waals surface area contributed by atoms with Crippen LogP contribution in [0.5, 0.6) is 0 Å². The molecule has 1 aromatic carbocycles. The summed E-state index contributed by atoms with van der Waals surface area (Å²) in [7, 11) is 2.07.